The minimum Gasteiger partial charge on any atom is -0.457 e. The quantitative estimate of drug-likeness (QED) is 0.396. The first kappa shape index (κ1) is 25.4. The van der Waals surface area contributed by atoms with Crippen molar-refractivity contribution in [2.45, 2.75) is 71.2 Å². The molecule has 0 radical (unpaired) electrons. The van der Waals surface area contributed by atoms with Crippen LogP contribution >= 0.6 is 7.82 Å². The highest BCUT2D eigenvalue weighted by atomic mass is 31.2. The van der Waals surface area contributed by atoms with Crippen LogP contribution in [-0.2, 0) is 39.7 Å². The van der Waals surface area contributed by atoms with Gasteiger partial charge < -0.3 is 23.7 Å². The van der Waals surface area contributed by atoms with Crippen molar-refractivity contribution in [3.05, 3.63) is 32.6 Å². The average molecular weight is 464 g/mol. The van der Waals surface area contributed by atoms with Gasteiger partial charge in [0.15, 0.2) is 6.10 Å². The van der Waals surface area contributed by atoms with Gasteiger partial charge in [-0.2, -0.15) is 0 Å². The van der Waals surface area contributed by atoms with Crippen molar-refractivity contribution < 1.29 is 37.5 Å². The Balaban J connectivity index is 2.40. The minimum atomic E-state index is -4.38. The molecule has 0 aliphatic carbocycles. The first-order chi connectivity index (χ1) is 14.3. The van der Waals surface area contributed by atoms with Crippen LogP contribution in [0.2, 0.25) is 0 Å². The van der Waals surface area contributed by atoms with Crippen LogP contribution in [0.4, 0.5) is 0 Å². The molecule has 31 heavy (non-hydrogen) atoms. The lowest BCUT2D eigenvalue weighted by molar-refractivity contribution is -0.157. The van der Waals surface area contributed by atoms with E-state index in [1.165, 1.54) is 20.2 Å². The number of phosphoric acid groups is 1. The second-order valence-corrected chi connectivity index (χ2v) is 9.10. The number of phosphoric ester groups is 1. The molecule has 13 heteroatoms. The van der Waals surface area contributed by atoms with E-state index in [1.807, 2.05) is 0 Å². The minimum absolute atomic E-state index is 0.0267. The first-order valence-electron chi connectivity index (χ1n) is 9.74. The summed E-state index contributed by atoms with van der Waals surface area (Å²) in [6.45, 7) is 7.39. The number of ether oxygens (including phenoxy) is 3. The molecule has 5 atom stereocenters. The molecule has 0 spiro atoms. The monoisotopic (exact) mass is 464 g/mol. The van der Waals surface area contributed by atoms with Gasteiger partial charge in [0.25, 0.3) is 5.56 Å². The van der Waals surface area contributed by atoms with Crippen LogP contribution in [-0.4, -0.2) is 57.5 Å². The molecule has 12 nitrogen and oxygen atoms in total. The van der Waals surface area contributed by atoms with E-state index in [1.54, 1.807) is 27.7 Å². The van der Waals surface area contributed by atoms with Crippen molar-refractivity contribution in [2.75, 3.05) is 6.61 Å². The number of nitrogens with one attached hydrogen (secondary N) is 1. The third kappa shape index (κ3) is 6.83. The summed E-state index contributed by atoms with van der Waals surface area (Å²) in [5, 5.41) is 0. The molecule has 176 valence electrons. The van der Waals surface area contributed by atoms with Crippen molar-refractivity contribution >= 4 is 13.8 Å². The highest BCUT2D eigenvalue weighted by molar-refractivity contribution is 7.47. The lowest BCUT2D eigenvalue weighted by Gasteiger charge is -2.26. The smallest absolute Gasteiger partial charge is 0.457 e. The third-order valence-electron chi connectivity index (χ3n) is 4.23. The standard InChI is InChI=1S/C18H29N2O10P/c1-9(2)27-15-13(8-26-31(24,25)30-10(3)4)29-14(16(15)28-11(5)21)12-7-20(6)18(23)19-17(12)22/h7,9-10,13-16H,8H2,1-6H3,(H,24,25)(H,19,22,23)/t13-,14+,15?,16-/m1/s1. The van der Waals surface area contributed by atoms with Crippen LogP contribution in [0.3, 0.4) is 0 Å². The molecule has 1 aromatic heterocycles. The fourth-order valence-electron chi connectivity index (χ4n) is 3.16. The van der Waals surface area contributed by atoms with Crippen LogP contribution in [0.1, 0.15) is 46.3 Å². The third-order valence-corrected chi connectivity index (χ3v) is 5.39. The summed E-state index contributed by atoms with van der Waals surface area (Å²) in [5.41, 5.74) is -1.32. The van der Waals surface area contributed by atoms with Gasteiger partial charge in [0.1, 0.15) is 18.3 Å². The van der Waals surface area contributed by atoms with Gasteiger partial charge in [-0.1, -0.05) is 0 Å². The molecule has 0 aromatic carbocycles. The normalized spacial score (nSPS) is 25.7. The summed E-state index contributed by atoms with van der Waals surface area (Å²) in [6, 6.07) is 0. The molecule has 0 saturated carbocycles. The van der Waals surface area contributed by atoms with Gasteiger partial charge in [-0.05, 0) is 27.7 Å². The maximum Gasteiger partial charge on any atom is 0.472 e. The molecule has 2 unspecified atom stereocenters. The molecule has 2 heterocycles. The number of hydrogen-bond donors (Lipinski definition) is 2. The maximum atomic E-state index is 12.4. The Morgan fingerprint density at radius 2 is 1.90 bits per heavy atom. The second-order valence-electron chi connectivity index (χ2n) is 7.69. The van der Waals surface area contributed by atoms with Gasteiger partial charge in [0, 0.05) is 20.2 Å². The van der Waals surface area contributed by atoms with Crippen LogP contribution in [0, 0.1) is 0 Å². The number of H-pyrrole nitrogens is 1. The zero-order chi connectivity index (χ0) is 23.5. The van der Waals surface area contributed by atoms with E-state index in [0.29, 0.717) is 0 Å². The number of esters is 1. The molecule has 2 rings (SSSR count). The summed E-state index contributed by atoms with van der Waals surface area (Å²) in [4.78, 5) is 47.9. The Hall–Kier alpha value is -1.82. The van der Waals surface area contributed by atoms with Gasteiger partial charge in [-0.15, -0.1) is 0 Å². The van der Waals surface area contributed by atoms with Gasteiger partial charge in [-0.3, -0.25) is 23.6 Å². The average Bonchev–Trinajstić information content (AvgIpc) is 2.91. The van der Waals surface area contributed by atoms with Crippen molar-refractivity contribution in [3.63, 3.8) is 0 Å². The Morgan fingerprint density at radius 3 is 2.45 bits per heavy atom. The fourth-order valence-corrected chi connectivity index (χ4v) is 4.09. The molecule has 2 N–H and O–H groups in total. The zero-order valence-corrected chi connectivity index (χ0v) is 19.2. The highest BCUT2D eigenvalue weighted by Crippen LogP contribution is 2.46. The molecular formula is C18H29N2O10P. The maximum absolute atomic E-state index is 12.4. The highest BCUT2D eigenvalue weighted by Gasteiger charge is 2.50. The largest absolute Gasteiger partial charge is 0.472 e. The van der Waals surface area contributed by atoms with Crippen molar-refractivity contribution in [1.82, 2.24) is 9.55 Å². The predicted molar refractivity (Wildman–Crippen MR) is 107 cm³/mol. The van der Waals surface area contributed by atoms with E-state index >= 15 is 0 Å². The first-order valence-corrected chi connectivity index (χ1v) is 11.2. The van der Waals surface area contributed by atoms with Crippen LogP contribution in [0.5, 0.6) is 0 Å². The lowest BCUT2D eigenvalue weighted by Crippen LogP contribution is -2.41. The molecule has 1 aromatic rings. The van der Waals surface area contributed by atoms with Gasteiger partial charge >= 0.3 is 19.5 Å². The Labute approximate surface area is 179 Å². The van der Waals surface area contributed by atoms with E-state index in [2.05, 4.69) is 4.98 Å². The number of nitrogens with zero attached hydrogens (tertiary/aromatic N) is 1. The summed E-state index contributed by atoms with van der Waals surface area (Å²) in [7, 11) is -2.95. The van der Waals surface area contributed by atoms with E-state index in [4.69, 9.17) is 23.3 Å². The SMILES string of the molecule is CC(=O)O[C@H]1C(OC(C)C)[C@@H](COP(=O)(O)OC(C)C)O[C@H]1c1cn(C)c(=O)[nH]c1=O. The molecule has 1 aliphatic rings. The van der Waals surface area contributed by atoms with Crippen LogP contribution in [0.25, 0.3) is 0 Å². The summed E-state index contributed by atoms with van der Waals surface area (Å²) < 4.78 is 40.3. The van der Waals surface area contributed by atoms with Gasteiger partial charge in [-0.25, -0.2) is 9.36 Å². The molecule has 0 bridgehead atoms. The Morgan fingerprint density at radius 1 is 1.26 bits per heavy atom. The van der Waals surface area contributed by atoms with E-state index in [-0.39, 0.29) is 11.7 Å². The fraction of sp³-hybridized carbons (Fsp3) is 0.722. The molecular weight excluding hydrogens is 435 g/mol. The summed E-state index contributed by atoms with van der Waals surface area (Å²) >= 11 is 0. The number of aryl methyl sites for hydroxylation is 1. The van der Waals surface area contributed by atoms with Crippen molar-refractivity contribution in [2.24, 2.45) is 7.05 Å². The van der Waals surface area contributed by atoms with E-state index in [0.717, 1.165) is 4.57 Å². The van der Waals surface area contributed by atoms with Crippen molar-refractivity contribution in [1.29, 1.82) is 0 Å². The topological polar surface area (TPSA) is 155 Å². The molecule has 1 aliphatic heterocycles. The van der Waals surface area contributed by atoms with Crippen molar-refractivity contribution in [3.8, 4) is 0 Å². The molecule has 0 amide bonds. The molecule has 1 fully saturated rings. The zero-order valence-electron chi connectivity index (χ0n) is 18.3. The molecule has 1 saturated heterocycles. The number of carbonyl (C=O) groups is 1. The van der Waals surface area contributed by atoms with Gasteiger partial charge in [0.2, 0.25) is 0 Å². The number of carbonyl (C=O) groups excluding carboxylic acids is 1. The number of hydrogen-bond acceptors (Lipinski definition) is 9. The number of aromatic amines is 1. The van der Waals surface area contributed by atoms with Gasteiger partial charge in [0.05, 0.1) is 24.4 Å². The van der Waals surface area contributed by atoms with Crippen LogP contribution < -0.4 is 11.2 Å². The summed E-state index contributed by atoms with van der Waals surface area (Å²) in [5.74, 6) is -0.644. The number of aromatic nitrogens is 2. The lowest BCUT2D eigenvalue weighted by atomic mass is 10.0. The van der Waals surface area contributed by atoms with E-state index in [9.17, 15) is 23.8 Å². The predicted octanol–water partition coefficient (Wildman–Crippen LogP) is 0.781. The van der Waals surface area contributed by atoms with Crippen LogP contribution in [0.15, 0.2) is 15.8 Å². The second kappa shape index (κ2) is 10.2. The summed E-state index contributed by atoms with van der Waals surface area (Å²) in [6.07, 6.45) is -3.71. The Kier molecular flexibility index (Phi) is 8.37. The number of rotatable bonds is 9. The Bertz CT molecular complexity index is 940. The van der Waals surface area contributed by atoms with E-state index < -0.39 is 62.2 Å².